The Bertz CT molecular complexity index is 854. The van der Waals surface area contributed by atoms with Crippen molar-refractivity contribution in [2.75, 3.05) is 7.11 Å². The van der Waals surface area contributed by atoms with Crippen molar-refractivity contribution in [2.45, 2.75) is 16.6 Å². The molecule has 0 bridgehead atoms. The summed E-state index contributed by atoms with van der Waals surface area (Å²) in [4.78, 5) is 7.47. The van der Waals surface area contributed by atoms with Crippen LogP contribution in [0.4, 0.5) is 5.69 Å². The molecule has 4 rings (SSSR count). The average Bonchev–Trinajstić information content (AvgIpc) is 3.09. The van der Waals surface area contributed by atoms with Gasteiger partial charge in [-0.25, -0.2) is 0 Å². The summed E-state index contributed by atoms with van der Waals surface area (Å²) in [6.07, 6.45) is 0.923. The number of aliphatic imine (C=N–C) groups is 1. The van der Waals surface area contributed by atoms with Gasteiger partial charge in [-0.05, 0) is 41.3 Å². The van der Waals surface area contributed by atoms with Crippen molar-refractivity contribution in [3.63, 3.8) is 0 Å². The molecule has 1 aliphatic heterocycles. The Labute approximate surface area is 150 Å². The predicted molar refractivity (Wildman–Crippen MR) is 103 cm³/mol. The summed E-state index contributed by atoms with van der Waals surface area (Å²) >= 11 is 3.65. The normalized spacial score (nSPS) is 16.9. The highest BCUT2D eigenvalue weighted by Crippen LogP contribution is 2.45. The number of hydrogen-bond donors (Lipinski definition) is 0. The lowest BCUT2D eigenvalue weighted by Gasteiger charge is -2.16. The first kappa shape index (κ1) is 15.5. The standard InChI is InChI=1S/C20H17NOS2/c1-22-15-10-8-14(9-11-15)20-13-17(18-7-4-12-23-18)21-16-5-2-3-6-19(16)24-20/h2-12,20H,13H2,1H3/t20-/m1/s1. The molecule has 2 aromatic carbocycles. The van der Waals surface area contributed by atoms with E-state index in [0.29, 0.717) is 5.25 Å². The van der Waals surface area contributed by atoms with Crippen molar-refractivity contribution < 1.29 is 4.74 Å². The maximum Gasteiger partial charge on any atom is 0.118 e. The van der Waals surface area contributed by atoms with Gasteiger partial charge in [0, 0.05) is 21.4 Å². The molecule has 1 atom stereocenters. The minimum atomic E-state index is 0.348. The minimum absolute atomic E-state index is 0.348. The predicted octanol–water partition coefficient (Wildman–Crippen LogP) is 6.11. The van der Waals surface area contributed by atoms with E-state index in [1.807, 2.05) is 23.9 Å². The Morgan fingerprint density at radius 2 is 1.83 bits per heavy atom. The highest BCUT2D eigenvalue weighted by molar-refractivity contribution is 7.99. The Morgan fingerprint density at radius 3 is 2.58 bits per heavy atom. The summed E-state index contributed by atoms with van der Waals surface area (Å²) in [5, 5.41) is 2.46. The zero-order valence-electron chi connectivity index (χ0n) is 13.3. The molecule has 120 valence electrons. The first-order valence-electron chi connectivity index (χ1n) is 7.84. The molecule has 0 N–H and O–H groups in total. The van der Waals surface area contributed by atoms with Crippen LogP contribution in [0.1, 0.15) is 22.1 Å². The van der Waals surface area contributed by atoms with Crippen molar-refractivity contribution in [3.05, 3.63) is 76.5 Å². The summed E-state index contributed by atoms with van der Waals surface area (Å²) in [5.41, 5.74) is 3.55. The fraction of sp³-hybridized carbons (Fsp3) is 0.150. The number of fused-ring (bicyclic) bond motifs is 1. The van der Waals surface area contributed by atoms with E-state index in [9.17, 15) is 0 Å². The van der Waals surface area contributed by atoms with Gasteiger partial charge in [-0.3, -0.25) is 4.99 Å². The molecule has 0 spiro atoms. The summed E-state index contributed by atoms with van der Waals surface area (Å²) in [6.45, 7) is 0. The molecule has 0 saturated heterocycles. The fourth-order valence-electron chi connectivity index (χ4n) is 2.81. The lowest BCUT2D eigenvalue weighted by molar-refractivity contribution is 0.414. The molecule has 0 aliphatic carbocycles. The van der Waals surface area contributed by atoms with Gasteiger partial charge in [0.05, 0.1) is 18.5 Å². The third-order valence-corrected chi connectivity index (χ3v) is 6.30. The van der Waals surface area contributed by atoms with E-state index in [1.54, 1.807) is 18.4 Å². The Hall–Kier alpha value is -2.04. The summed E-state index contributed by atoms with van der Waals surface area (Å²) in [7, 11) is 1.70. The van der Waals surface area contributed by atoms with Gasteiger partial charge in [0.25, 0.3) is 0 Å². The minimum Gasteiger partial charge on any atom is -0.497 e. The summed E-state index contributed by atoms with van der Waals surface area (Å²) in [6, 6.07) is 21.1. The number of ether oxygens (including phenoxy) is 1. The monoisotopic (exact) mass is 351 g/mol. The van der Waals surface area contributed by atoms with Crippen molar-refractivity contribution in [1.82, 2.24) is 0 Å². The van der Waals surface area contributed by atoms with Crippen LogP contribution in [0, 0.1) is 0 Å². The van der Waals surface area contributed by atoms with Gasteiger partial charge in [0.1, 0.15) is 5.75 Å². The Balaban J connectivity index is 1.75. The average molecular weight is 351 g/mol. The third kappa shape index (κ3) is 3.12. The topological polar surface area (TPSA) is 21.6 Å². The van der Waals surface area contributed by atoms with E-state index < -0.39 is 0 Å². The van der Waals surface area contributed by atoms with Crippen LogP contribution >= 0.6 is 23.1 Å². The highest BCUT2D eigenvalue weighted by Gasteiger charge is 2.22. The van der Waals surface area contributed by atoms with Crippen LogP contribution in [0.3, 0.4) is 0 Å². The molecule has 2 heterocycles. The first-order chi connectivity index (χ1) is 11.8. The number of benzene rings is 2. The number of hydrogen-bond acceptors (Lipinski definition) is 4. The Morgan fingerprint density at radius 1 is 1.00 bits per heavy atom. The van der Waals surface area contributed by atoms with E-state index in [2.05, 4.69) is 53.9 Å². The van der Waals surface area contributed by atoms with Crippen LogP contribution in [-0.4, -0.2) is 12.8 Å². The fourth-order valence-corrected chi connectivity index (χ4v) is 4.77. The Kier molecular flexibility index (Phi) is 4.41. The SMILES string of the molecule is COc1ccc([C@H]2CC(c3cccs3)=Nc3ccccc3S2)cc1. The van der Waals surface area contributed by atoms with Crippen LogP contribution in [-0.2, 0) is 0 Å². The maximum absolute atomic E-state index is 5.29. The van der Waals surface area contributed by atoms with Crippen LogP contribution in [0.15, 0.2) is 75.9 Å². The second kappa shape index (κ2) is 6.83. The van der Waals surface area contributed by atoms with Crippen molar-refractivity contribution in [1.29, 1.82) is 0 Å². The smallest absolute Gasteiger partial charge is 0.118 e. The molecule has 24 heavy (non-hydrogen) atoms. The number of thioether (sulfide) groups is 1. The summed E-state index contributed by atoms with van der Waals surface area (Å²) in [5.74, 6) is 0.893. The number of methoxy groups -OCH3 is 1. The van der Waals surface area contributed by atoms with Gasteiger partial charge in [-0.2, -0.15) is 0 Å². The van der Waals surface area contributed by atoms with Crippen LogP contribution in [0.5, 0.6) is 5.75 Å². The molecule has 0 saturated carbocycles. The molecule has 0 radical (unpaired) electrons. The van der Waals surface area contributed by atoms with E-state index >= 15 is 0 Å². The molecule has 0 unspecified atom stereocenters. The van der Waals surface area contributed by atoms with E-state index in [1.165, 1.54) is 21.0 Å². The van der Waals surface area contributed by atoms with Crippen LogP contribution in [0.25, 0.3) is 0 Å². The maximum atomic E-state index is 5.29. The van der Waals surface area contributed by atoms with Crippen molar-refractivity contribution in [3.8, 4) is 5.75 Å². The molecular weight excluding hydrogens is 334 g/mol. The second-order valence-electron chi connectivity index (χ2n) is 5.59. The molecular formula is C20H17NOS2. The lowest BCUT2D eigenvalue weighted by atomic mass is 10.1. The van der Waals surface area contributed by atoms with Gasteiger partial charge in [0.15, 0.2) is 0 Å². The van der Waals surface area contributed by atoms with E-state index in [0.717, 1.165) is 17.9 Å². The van der Waals surface area contributed by atoms with Crippen molar-refractivity contribution >= 4 is 34.5 Å². The molecule has 0 fully saturated rings. The molecule has 2 nitrogen and oxygen atoms in total. The molecule has 3 aromatic rings. The van der Waals surface area contributed by atoms with Gasteiger partial charge in [-0.15, -0.1) is 23.1 Å². The van der Waals surface area contributed by atoms with E-state index in [4.69, 9.17) is 9.73 Å². The molecule has 4 heteroatoms. The first-order valence-corrected chi connectivity index (χ1v) is 9.60. The highest BCUT2D eigenvalue weighted by atomic mass is 32.2. The number of thiophene rings is 1. The zero-order chi connectivity index (χ0) is 16.4. The zero-order valence-corrected chi connectivity index (χ0v) is 14.9. The van der Waals surface area contributed by atoms with Gasteiger partial charge in [0.2, 0.25) is 0 Å². The molecule has 0 amide bonds. The molecule has 1 aromatic heterocycles. The summed E-state index contributed by atoms with van der Waals surface area (Å²) < 4.78 is 5.29. The van der Waals surface area contributed by atoms with Crippen LogP contribution in [0.2, 0.25) is 0 Å². The van der Waals surface area contributed by atoms with Crippen LogP contribution < -0.4 is 4.74 Å². The van der Waals surface area contributed by atoms with Crippen molar-refractivity contribution in [2.24, 2.45) is 4.99 Å². The number of para-hydroxylation sites is 1. The molecule has 1 aliphatic rings. The van der Waals surface area contributed by atoms with E-state index in [-0.39, 0.29) is 0 Å². The van der Waals surface area contributed by atoms with Gasteiger partial charge >= 0.3 is 0 Å². The number of nitrogens with zero attached hydrogens (tertiary/aromatic N) is 1. The van der Waals surface area contributed by atoms with Gasteiger partial charge in [-0.1, -0.05) is 30.3 Å². The quantitative estimate of drug-likeness (QED) is 0.567. The third-order valence-electron chi connectivity index (χ3n) is 4.06. The number of rotatable bonds is 3. The second-order valence-corrected chi connectivity index (χ2v) is 7.78. The van der Waals surface area contributed by atoms with Gasteiger partial charge < -0.3 is 4.74 Å². The largest absolute Gasteiger partial charge is 0.497 e. The lowest BCUT2D eigenvalue weighted by Crippen LogP contribution is -2.03.